The lowest BCUT2D eigenvalue weighted by atomic mass is 10.1. The number of anilines is 1. The summed E-state index contributed by atoms with van der Waals surface area (Å²) >= 11 is -2.43. The van der Waals surface area contributed by atoms with E-state index >= 15 is 0 Å². The fraction of sp³-hybridized carbons (Fsp3) is 0. The second kappa shape index (κ2) is 3.99. The SMILES string of the molecule is O=S([O-])Nc1cc(O)c2cc(O)ccc2c1. The molecule has 84 valence electrons. The van der Waals surface area contributed by atoms with Gasteiger partial charge in [0.2, 0.25) is 0 Å². The van der Waals surface area contributed by atoms with E-state index in [0.717, 1.165) is 0 Å². The highest BCUT2D eigenvalue weighted by Gasteiger charge is 2.03. The van der Waals surface area contributed by atoms with Crippen molar-refractivity contribution in [2.24, 2.45) is 0 Å². The lowest BCUT2D eigenvalue weighted by Crippen LogP contribution is -2.01. The molecular weight excluding hydrogens is 230 g/mol. The Morgan fingerprint density at radius 1 is 1.19 bits per heavy atom. The van der Waals surface area contributed by atoms with Gasteiger partial charge in [0.1, 0.15) is 11.5 Å². The van der Waals surface area contributed by atoms with E-state index in [1.54, 1.807) is 12.1 Å². The third-order valence-electron chi connectivity index (χ3n) is 2.12. The maximum Gasteiger partial charge on any atom is 0.125 e. The predicted molar refractivity (Wildman–Crippen MR) is 59.8 cm³/mol. The van der Waals surface area contributed by atoms with E-state index in [0.29, 0.717) is 10.8 Å². The number of rotatable bonds is 2. The van der Waals surface area contributed by atoms with Crippen molar-refractivity contribution in [3.05, 3.63) is 30.3 Å². The summed E-state index contributed by atoms with van der Waals surface area (Å²) in [7, 11) is 0. The number of phenols is 2. The van der Waals surface area contributed by atoms with Crippen LogP contribution in [0.1, 0.15) is 0 Å². The van der Waals surface area contributed by atoms with Crippen LogP contribution in [0.4, 0.5) is 5.69 Å². The fourth-order valence-corrected chi connectivity index (χ4v) is 1.79. The molecule has 0 radical (unpaired) electrons. The van der Waals surface area contributed by atoms with Gasteiger partial charge in [-0.15, -0.1) is 0 Å². The number of phenolic OH excluding ortho intramolecular Hbond substituents is 2. The smallest absolute Gasteiger partial charge is 0.125 e. The molecule has 2 aromatic rings. The van der Waals surface area contributed by atoms with Gasteiger partial charge in [-0.3, -0.25) is 4.21 Å². The molecule has 1 atom stereocenters. The normalized spacial score (nSPS) is 12.6. The average Bonchev–Trinajstić information content (AvgIpc) is 2.18. The lowest BCUT2D eigenvalue weighted by molar-refractivity contribution is 0.472. The Bertz CT molecular complexity index is 570. The molecule has 0 fully saturated rings. The Hall–Kier alpha value is -1.79. The summed E-state index contributed by atoms with van der Waals surface area (Å²) in [6, 6.07) is 7.29. The van der Waals surface area contributed by atoms with Crippen molar-refractivity contribution in [1.82, 2.24) is 0 Å². The molecule has 2 aromatic carbocycles. The highest BCUT2D eigenvalue weighted by Crippen LogP contribution is 2.31. The second-order valence-electron chi connectivity index (χ2n) is 3.24. The van der Waals surface area contributed by atoms with Crippen molar-refractivity contribution in [3.63, 3.8) is 0 Å². The summed E-state index contributed by atoms with van der Waals surface area (Å²) in [5.74, 6) is -0.0581. The van der Waals surface area contributed by atoms with Crippen LogP contribution in [0.15, 0.2) is 30.3 Å². The summed E-state index contributed by atoms with van der Waals surface area (Å²) in [6.07, 6.45) is 0. The number of nitrogens with one attached hydrogen (secondary N) is 1. The van der Waals surface area contributed by atoms with Crippen LogP contribution in [0.3, 0.4) is 0 Å². The van der Waals surface area contributed by atoms with E-state index in [2.05, 4.69) is 4.72 Å². The molecule has 0 aromatic heterocycles. The summed E-state index contributed by atoms with van der Waals surface area (Å²) in [5, 5.41) is 20.0. The van der Waals surface area contributed by atoms with Gasteiger partial charge in [-0.1, -0.05) is 6.07 Å². The molecule has 0 bridgehead atoms. The largest absolute Gasteiger partial charge is 0.755 e. The minimum atomic E-state index is -2.43. The van der Waals surface area contributed by atoms with Crippen molar-refractivity contribution in [2.75, 3.05) is 4.72 Å². The van der Waals surface area contributed by atoms with E-state index in [1.807, 2.05) is 0 Å². The summed E-state index contributed by atoms with van der Waals surface area (Å²) in [5.41, 5.74) is 0.268. The van der Waals surface area contributed by atoms with Crippen LogP contribution in [-0.4, -0.2) is 19.0 Å². The van der Waals surface area contributed by atoms with Gasteiger partial charge in [0, 0.05) is 28.4 Å². The molecule has 0 spiro atoms. The topological polar surface area (TPSA) is 92.6 Å². The van der Waals surface area contributed by atoms with Crippen LogP contribution in [0.5, 0.6) is 11.5 Å². The van der Waals surface area contributed by atoms with Crippen molar-refractivity contribution in [2.45, 2.75) is 0 Å². The van der Waals surface area contributed by atoms with Gasteiger partial charge in [0.15, 0.2) is 0 Å². The van der Waals surface area contributed by atoms with Crippen LogP contribution < -0.4 is 4.72 Å². The standard InChI is InChI=1S/C10H9NO4S/c12-8-2-1-6-3-7(11-16(14)15)4-10(13)9(6)5-8/h1-5,11-13H,(H,14,15)/p-1. The molecule has 0 amide bonds. The maximum absolute atomic E-state index is 10.4. The maximum atomic E-state index is 10.4. The van der Waals surface area contributed by atoms with Crippen molar-refractivity contribution >= 4 is 27.7 Å². The number of benzene rings is 2. The van der Waals surface area contributed by atoms with Crippen LogP contribution in [0, 0.1) is 0 Å². The van der Waals surface area contributed by atoms with E-state index < -0.39 is 11.3 Å². The first kappa shape index (κ1) is 10.7. The summed E-state index contributed by atoms with van der Waals surface area (Å²) in [4.78, 5) is 0. The van der Waals surface area contributed by atoms with Gasteiger partial charge >= 0.3 is 0 Å². The molecule has 6 heteroatoms. The van der Waals surface area contributed by atoms with Crippen LogP contribution in [-0.2, 0) is 11.3 Å². The Morgan fingerprint density at radius 2 is 1.94 bits per heavy atom. The highest BCUT2D eigenvalue weighted by atomic mass is 32.2. The van der Waals surface area contributed by atoms with Gasteiger partial charge in [0.25, 0.3) is 0 Å². The molecule has 2 rings (SSSR count). The van der Waals surface area contributed by atoms with Crippen molar-refractivity contribution in [3.8, 4) is 11.5 Å². The molecule has 0 aliphatic heterocycles. The first-order chi connectivity index (χ1) is 7.56. The minimum absolute atomic E-state index is 0.0379. The predicted octanol–water partition coefficient (Wildman–Crippen LogP) is 1.46. The molecular formula is C10H8NO4S-. The molecule has 0 saturated heterocycles. The number of fused-ring (bicyclic) bond motifs is 1. The van der Waals surface area contributed by atoms with Crippen molar-refractivity contribution in [1.29, 1.82) is 0 Å². The van der Waals surface area contributed by atoms with E-state index in [4.69, 9.17) is 0 Å². The molecule has 0 aliphatic carbocycles. The van der Waals surface area contributed by atoms with Crippen LogP contribution in [0.2, 0.25) is 0 Å². The number of hydrogen-bond donors (Lipinski definition) is 3. The Labute approximate surface area is 93.8 Å². The zero-order valence-electron chi connectivity index (χ0n) is 8.01. The van der Waals surface area contributed by atoms with Gasteiger partial charge in [-0.25, -0.2) is 0 Å². The first-order valence-electron chi connectivity index (χ1n) is 4.38. The molecule has 0 heterocycles. The highest BCUT2D eigenvalue weighted by molar-refractivity contribution is 7.80. The Morgan fingerprint density at radius 3 is 2.62 bits per heavy atom. The number of aromatic hydroxyl groups is 2. The van der Waals surface area contributed by atoms with Crippen LogP contribution in [0.25, 0.3) is 10.8 Å². The van der Waals surface area contributed by atoms with Gasteiger partial charge < -0.3 is 19.5 Å². The van der Waals surface area contributed by atoms with E-state index in [1.165, 1.54) is 18.2 Å². The minimum Gasteiger partial charge on any atom is -0.755 e. The third-order valence-corrected chi connectivity index (χ3v) is 2.52. The molecule has 16 heavy (non-hydrogen) atoms. The molecule has 0 aliphatic rings. The molecule has 5 nitrogen and oxygen atoms in total. The quantitative estimate of drug-likeness (QED) is 0.690. The monoisotopic (exact) mass is 238 g/mol. The average molecular weight is 238 g/mol. The second-order valence-corrected chi connectivity index (χ2v) is 3.91. The van der Waals surface area contributed by atoms with Crippen LogP contribution >= 0.6 is 0 Å². The van der Waals surface area contributed by atoms with Gasteiger partial charge in [-0.05, 0) is 23.6 Å². The zero-order valence-corrected chi connectivity index (χ0v) is 8.82. The molecule has 3 N–H and O–H groups in total. The molecule has 0 saturated carbocycles. The van der Waals surface area contributed by atoms with Gasteiger partial charge in [0.05, 0.1) is 0 Å². The zero-order chi connectivity index (χ0) is 11.7. The number of hydrogen-bond acceptors (Lipinski definition) is 4. The fourth-order valence-electron chi connectivity index (χ4n) is 1.48. The van der Waals surface area contributed by atoms with Gasteiger partial charge in [-0.2, -0.15) is 0 Å². The van der Waals surface area contributed by atoms with Crippen molar-refractivity contribution < 1.29 is 19.0 Å². The summed E-state index contributed by atoms with van der Waals surface area (Å²) < 4.78 is 23.0. The van der Waals surface area contributed by atoms with E-state index in [9.17, 15) is 19.0 Å². The lowest BCUT2D eigenvalue weighted by Gasteiger charge is -2.10. The first-order valence-corrected chi connectivity index (χ1v) is 5.45. The Balaban J connectivity index is 2.59. The Kier molecular flexibility index (Phi) is 2.67. The molecule has 1 unspecified atom stereocenters. The van der Waals surface area contributed by atoms with E-state index in [-0.39, 0.29) is 17.2 Å². The summed E-state index contributed by atoms with van der Waals surface area (Å²) in [6.45, 7) is 0. The third kappa shape index (κ3) is 2.07.